The largest absolute Gasteiger partial charge is 0.462 e. The monoisotopic (exact) mass is 218 g/mol. The number of rotatable bonds is 7. The maximum absolute atomic E-state index is 11.0. The summed E-state index contributed by atoms with van der Waals surface area (Å²) in [5.41, 5.74) is 0. The molecule has 0 fully saturated rings. The van der Waals surface area contributed by atoms with Crippen LogP contribution >= 0.6 is 11.6 Å². The number of carbonyl (C=O) groups excluding carboxylic acids is 1. The Bertz CT molecular complexity index is 188. The van der Waals surface area contributed by atoms with Crippen molar-refractivity contribution in [2.75, 3.05) is 6.61 Å². The van der Waals surface area contributed by atoms with Crippen LogP contribution in [0.15, 0.2) is 11.1 Å². The Morgan fingerprint density at radius 1 is 1.29 bits per heavy atom. The zero-order valence-corrected chi connectivity index (χ0v) is 9.77. The predicted molar refractivity (Wildman–Crippen MR) is 59.3 cm³/mol. The maximum atomic E-state index is 11.0. The van der Waals surface area contributed by atoms with Crippen molar-refractivity contribution in [2.45, 2.75) is 46.0 Å². The van der Waals surface area contributed by atoms with Gasteiger partial charge in [0.1, 0.15) is 5.03 Å². The van der Waals surface area contributed by atoms with E-state index in [9.17, 15) is 4.79 Å². The van der Waals surface area contributed by atoms with Crippen molar-refractivity contribution in [2.24, 2.45) is 0 Å². The van der Waals surface area contributed by atoms with Gasteiger partial charge in [-0.1, -0.05) is 43.9 Å². The van der Waals surface area contributed by atoms with Crippen molar-refractivity contribution in [1.29, 1.82) is 0 Å². The standard InChI is InChI=1S/C11H19ClO2/c1-3-5-6-7-8-9-10(12)11(13)14-4-2/h9H,3-8H2,1-2H3/b10-9+. The number of unbranched alkanes of at least 4 members (excludes halogenated alkanes) is 4. The molecule has 0 saturated heterocycles. The van der Waals surface area contributed by atoms with E-state index < -0.39 is 5.97 Å². The number of ether oxygens (including phenoxy) is 1. The van der Waals surface area contributed by atoms with Gasteiger partial charge in [0, 0.05) is 0 Å². The minimum Gasteiger partial charge on any atom is -0.462 e. The SMILES string of the molecule is CCCCCC/C=C(/Cl)C(=O)OCC. The van der Waals surface area contributed by atoms with E-state index >= 15 is 0 Å². The van der Waals surface area contributed by atoms with Crippen molar-refractivity contribution in [1.82, 2.24) is 0 Å². The van der Waals surface area contributed by atoms with Gasteiger partial charge in [0.2, 0.25) is 0 Å². The first-order valence-electron chi connectivity index (χ1n) is 5.25. The highest BCUT2D eigenvalue weighted by Crippen LogP contribution is 2.09. The highest BCUT2D eigenvalue weighted by molar-refractivity contribution is 6.41. The van der Waals surface area contributed by atoms with Crippen molar-refractivity contribution in [3.63, 3.8) is 0 Å². The van der Waals surface area contributed by atoms with Gasteiger partial charge in [-0.2, -0.15) is 0 Å². The molecule has 0 aliphatic rings. The van der Waals surface area contributed by atoms with Crippen molar-refractivity contribution in [3.8, 4) is 0 Å². The molecule has 0 bridgehead atoms. The molecule has 0 aliphatic carbocycles. The van der Waals surface area contributed by atoms with Gasteiger partial charge in [-0.25, -0.2) is 4.79 Å². The van der Waals surface area contributed by atoms with Crippen molar-refractivity contribution < 1.29 is 9.53 Å². The first-order chi connectivity index (χ1) is 6.72. The topological polar surface area (TPSA) is 26.3 Å². The number of hydrogen-bond acceptors (Lipinski definition) is 2. The molecule has 0 heterocycles. The van der Waals surface area contributed by atoms with Gasteiger partial charge in [-0.05, 0) is 19.8 Å². The molecule has 0 radical (unpaired) electrons. The fourth-order valence-corrected chi connectivity index (χ4v) is 1.25. The number of esters is 1. The average Bonchev–Trinajstić information content (AvgIpc) is 2.17. The maximum Gasteiger partial charge on any atom is 0.349 e. The highest BCUT2D eigenvalue weighted by Gasteiger charge is 2.05. The van der Waals surface area contributed by atoms with Crippen LogP contribution in [0.5, 0.6) is 0 Å². The molecule has 0 spiro atoms. The van der Waals surface area contributed by atoms with Gasteiger partial charge in [0.15, 0.2) is 0 Å². The molecule has 0 aromatic heterocycles. The van der Waals surface area contributed by atoms with Crippen LogP contribution in [0.25, 0.3) is 0 Å². The summed E-state index contributed by atoms with van der Waals surface area (Å²) in [6.45, 7) is 4.31. The average molecular weight is 219 g/mol. The number of allylic oxidation sites excluding steroid dienone is 1. The second-order valence-corrected chi connectivity index (χ2v) is 3.53. The normalized spacial score (nSPS) is 11.5. The number of hydrogen-bond donors (Lipinski definition) is 0. The summed E-state index contributed by atoms with van der Waals surface area (Å²) in [6, 6.07) is 0. The molecule has 3 heteroatoms. The van der Waals surface area contributed by atoms with Crippen LogP contribution in [0.4, 0.5) is 0 Å². The molecule has 0 aliphatic heterocycles. The van der Waals surface area contributed by atoms with E-state index in [0.29, 0.717) is 6.61 Å². The molecule has 0 unspecified atom stereocenters. The van der Waals surface area contributed by atoms with Gasteiger partial charge in [-0.3, -0.25) is 0 Å². The summed E-state index contributed by atoms with van der Waals surface area (Å²) < 4.78 is 4.74. The molecule has 0 aromatic rings. The molecule has 0 saturated carbocycles. The lowest BCUT2D eigenvalue weighted by molar-refractivity contribution is -0.137. The van der Waals surface area contributed by atoms with Gasteiger partial charge in [0.25, 0.3) is 0 Å². The van der Waals surface area contributed by atoms with Crippen LogP contribution in [0, 0.1) is 0 Å². The summed E-state index contributed by atoms with van der Waals surface area (Å²) >= 11 is 5.71. The zero-order valence-electron chi connectivity index (χ0n) is 9.01. The van der Waals surface area contributed by atoms with Crippen LogP contribution in [-0.2, 0) is 9.53 Å². The van der Waals surface area contributed by atoms with Crippen LogP contribution in [0.2, 0.25) is 0 Å². The Balaban J connectivity index is 3.60. The Labute approximate surface area is 91.3 Å². The lowest BCUT2D eigenvalue weighted by Gasteiger charge is -1.99. The Kier molecular flexibility index (Phi) is 8.75. The van der Waals surface area contributed by atoms with Gasteiger partial charge in [0.05, 0.1) is 6.61 Å². The summed E-state index contributed by atoms with van der Waals surface area (Å²) in [6.07, 6.45) is 7.34. The lowest BCUT2D eigenvalue weighted by Crippen LogP contribution is -2.03. The van der Waals surface area contributed by atoms with E-state index in [4.69, 9.17) is 16.3 Å². The minimum absolute atomic E-state index is 0.211. The smallest absolute Gasteiger partial charge is 0.349 e. The summed E-state index contributed by atoms with van der Waals surface area (Å²) in [5.74, 6) is -0.412. The Hall–Kier alpha value is -0.500. The fraction of sp³-hybridized carbons (Fsp3) is 0.727. The predicted octanol–water partition coefficient (Wildman–Crippen LogP) is 3.64. The summed E-state index contributed by atoms with van der Waals surface area (Å²) in [5, 5.41) is 0.211. The van der Waals surface area contributed by atoms with Crippen molar-refractivity contribution >= 4 is 17.6 Å². The highest BCUT2D eigenvalue weighted by atomic mass is 35.5. The van der Waals surface area contributed by atoms with E-state index in [1.54, 1.807) is 13.0 Å². The molecule has 2 nitrogen and oxygen atoms in total. The molecular weight excluding hydrogens is 200 g/mol. The van der Waals surface area contributed by atoms with Crippen molar-refractivity contribution in [3.05, 3.63) is 11.1 Å². The van der Waals surface area contributed by atoms with E-state index in [2.05, 4.69) is 6.92 Å². The molecule has 0 atom stereocenters. The van der Waals surface area contributed by atoms with E-state index in [1.807, 2.05) is 0 Å². The molecule has 0 aromatic carbocycles. The molecule has 0 N–H and O–H groups in total. The fourth-order valence-electron chi connectivity index (χ4n) is 1.08. The van der Waals surface area contributed by atoms with Crippen LogP contribution in [0.3, 0.4) is 0 Å². The summed E-state index contributed by atoms with van der Waals surface area (Å²) in [7, 11) is 0. The first-order valence-corrected chi connectivity index (χ1v) is 5.63. The molecule has 82 valence electrons. The molecular formula is C11H19ClO2. The Morgan fingerprint density at radius 3 is 2.57 bits per heavy atom. The second kappa shape index (κ2) is 9.07. The molecule has 14 heavy (non-hydrogen) atoms. The Morgan fingerprint density at radius 2 is 2.00 bits per heavy atom. The van der Waals surface area contributed by atoms with Crippen LogP contribution < -0.4 is 0 Å². The molecule has 0 rings (SSSR count). The minimum atomic E-state index is -0.412. The summed E-state index contributed by atoms with van der Waals surface area (Å²) in [4.78, 5) is 11.0. The third-order valence-electron chi connectivity index (χ3n) is 1.85. The van der Waals surface area contributed by atoms with Crippen LogP contribution in [-0.4, -0.2) is 12.6 Å². The van der Waals surface area contributed by atoms with Crippen LogP contribution in [0.1, 0.15) is 46.0 Å². The zero-order chi connectivity index (χ0) is 10.8. The third-order valence-corrected chi connectivity index (χ3v) is 2.16. The lowest BCUT2D eigenvalue weighted by atomic mass is 10.1. The quantitative estimate of drug-likeness (QED) is 0.371. The second-order valence-electron chi connectivity index (χ2n) is 3.12. The van der Waals surface area contributed by atoms with Gasteiger partial charge >= 0.3 is 5.97 Å². The van der Waals surface area contributed by atoms with E-state index in [1.165, 1.54) is 19.3 Å². The third kappa shape index (κ3) is 6.96. The number of halogens is 1. The van der Waals surface area contributed by atoms with E-state index in [0.717, 1.165) is 12.8 Å². The molecule has 0 amide bonds. The first kappa shape index (κ1) is 13.5. The van der Waals surface area contributed by atoms with Gasteiger partial charge in [-0.15, -0.1) is 0 Å². The van der Waals surface area contributed by atoms with E-state index in [-0.39, 0.29) is 5.03 Å². The van der Waals surface area contributed by atoms with Gasteiger partial charge < -0.3 is 4.74 Å². The number of carbonyl (C=O) groups is 1.